The first-order valence-electron chi connectivity index (χ1n) is 10.8. The number of carbonyl (C=O) groups excluding carboxylic acids is 2. The number of carbonyl (C=O) groups is 2. The van der Waals surface area contributed by atoms with E-state index >= 15 is 0 Å². The summed E-state index contributed by atoms with van der Waals surface area (Å²) in [5.74, 6) is 0.487. The van der Waals surface area contributed by atoms with Gasteiger partial charge in [-0.05, 0) is 61.0 Å². The van der Waals surface area contributed by atoms with E-state index in [9.17, 15) is 19.7 Å². The topological polar surface area (TPSA) is 141 Å². The molecule has 3 aromatic rings. The Morgan fingerprint density at radius 3 is 2.50 bits per heavy atom. The third-order valence-corrected chi connectivity index (χ3v) is 4.70. The van der Waals surface area contributed by atoms with Gasteiger partial charge in [0.15, 0.2) is 18.1 Å². The van der Waals surface area contributed by atoms with E-state index in [1.54, 1.807) is 56.5 Å². The van der Waals surface area contributed by atoms with Crippen molar-refractivity contribution in [2.24, 2.45) is 5.10 Å². The van der Waals surface area contributed by atoms with Gasteiger partial charge in [0.05, 0.1) is 24.9 Å². The molecular formula is C25H24N4O7. The summed E-state index contributed by atoms with van der Waals surface area (Å²) in [7, 11) is 1.56. The quantitative estimate of drug-likeness (QED) is 0.236. The number of non-ortho nitro benzene ring substituents is 1. The molecule has 11 heteroatoms. The van der Waals surface area contributed by atoms with Crippen molar-refractivity contribution in [1.29, 1.82) is 0 Å². The lowest BCUT2D eigenvalue weighted by Gasteiger charge is -2.13. The molecule has 0 aliphatic carbocycles. The summed E-state index contributed by atoms with van der Waals surface area (Å²) in [5.41, 5.74) is 3.43. The molecule has 0 spiro atoms. The highest BCUT2D eigenvalue weighted by Gasteiger charge is 2.12. The molecule has 0 radical (unpaired) electrons. The number of hydrogen-bond acceptors (Lipinski definition) is 8. The SMILES string of the molecule is CCOc1cc(/C=N/NC(=O)c2cccc([N+](=O)[O-])c2)ccc1OCC(=O)Nc1ccc(OC)cc1. The van der Waals surface area contributed by atoms with Gasteiger partial charge in [-0.2, -0.15) is 5.10 Å². The second-order valence-corrected chi connectivity index (χ2v) is 7.21. The summed E-state index contributed by atoms with van der Waals surface area (Å²) in [6.45, 7) is 1.93. The van der Waals surface area contributed by atoms with Crippen LogP contribution in [0.5, 0.6) is 17.2 Å². The van der Waals surface area contributed by atoms with Gasteiger partial charge in [-0.15, -0.1) is 0 Å². The first-order valence-corrected chi connectivity index (χ1v) is 10.8. The monoisotopic (exact) mass is 492 g/mol. The zero-order valence-corrected chi connectivity index (χ0v) is 19.6. The molecule has 0 unspecified atom stereocenters. The van der Waals surface area contributed by atoms with Crippen LogP contribution in [0.1, 0.15) is 22.8 Å². The van der Waals surface area contributed by atoms with Gasteiger partial charge >= 0.3 is 0 Å². The Morgan fingerprint density at radius 2 is 1.81 bits per heavy atom. The van der Waals surface area contributed by atoms with Crippen LogP contribution in [-0.4, -0.2) is 43.3 Å². The summed E-state index contributed by atoms with van der Waals surface area (Å²) in [5, 5.41) is 17.5. The minimum atomic E-state index is -0.595. The van der Waals surface area contributed by atoms with Gasteiger partial charge in [0, 0.05) is 23.4 Å². The van der Waals surface area contributed by atoms with Crippen molar-refractivity contribution in [3.8, 4) is 17.2 Å². The first kappa shape index (κ1) is 25.7. The van der Waals surface area contributed by atoms with Crippen molar-refractivity contribution in [2.75, 3.05) is 25.6 Å². The van der Waals surface area contributed by atoms with Crippen molar-refractivity contribution in [1.82, 2.24) is 5.43 Å². The fourth-order valence-electron chi connectivity index (χ4n) is 3.00. The van der Waals surface area contributed by atoms with Crippen molar-refractivity contribution in [3.63, 3.8) is 0 Å². The summed E-state index contributed by atoms with van der Waals surface area (Å²) in [6.07, 6.45) is 1.39. The Balaban J connectivity index is 1.59. The standard InChI is InChI=1S/C25H24N4O7/c1-3-35-23-13-17(15-26-28-25(31)18-5-4-6-20(14-18)29(32)33)7-12-22(23)36-16-24(30)27-19-8-10-21(34-2)11-9-19/h4-15H,3,16H2,1-2H3,(H,27,30)(H,28,31)/b26-15+. The molecule has 0 saturated carbocycles. The van der Waals surface area contributed by atoms with E-state index in [1.165, 1.54) is 24.4 Å². The molecule has 11 nitrogen and oxygen atoms in total. The highest BCUT2D eigenvalue weighted by Crippen LogP contribution is 2.28. The molecule has 0 atom stereocenters. The number of nitrogens with zero attached hydrogens (tertiary/aromatic N) is 2. The summed E-state index contributed by atoms with van der Waals surface area (Å²) in [6, 6.07) is 17.1. The number of amides is 2. The zero-order chi connectivity index (χ0) is 25.9. The van der Waals surface area contributed by atoms with E-state index in [2.05, 4.69) is 15.8 Å². The molecular weight excluding hydrogens is 468 g/mol. The Morgan fingerprint density at radius 1 is 1.03 bits per heavy atom. The fraction of sp³-hybridized carbons (Fsp3) is 0.160. The number of benzene rings is 3. The van der Waals surface area contributed by atoms with Gasteiger partial charge < -0.3 is 19.5 Å². The van der Waals surface area contributed by atoms with Crippen LogP contribution in [0.15, 0.2) is 71.8 Å². The van der Waals surface area contributed by atoms with E-state index in [4.69, 9.17) is 14.2 Å². The largest absolute Gasteiger partial charge is 0.497 e. The average Bonchev–Trinajstić information content (AvgIpc) is 2.89. The number of methoxy groups -OCH3 is 1. The maximum absolute atomic E-state index is 12.2. The highest BCUT2D eigenvalue weighted by atomic mass is 16.6. The average molecular weight is 492 g/mol. The molecule has 2 amide bonds. The summed E-state index contributed by atoms with van der Waals surface area (Å²) >= 11 is 0. The van der Waals surface area contributed by atoms with Crippen LogP contribution >= 0.6 is 0 Å². The van der Waals surface area contributed by atoms with E-state index in [1.807, 2.05) is 0 Å². The Kier molecular flexibility index (Phi) is 8.93. The molecule has 0 heterocycles. The molecule has 0 bridgehead atoms. The number of nitrogens with one attached hydrogen (secondary N) is 2. The van der Waals surface area contributed by atoms with Crippen LogP contribution in [0.2, 0.25) is 0 Å². The Bertz CT molecular complexity index is 1260. The van der Waals surface area contributed by atoms with Gasteiger partial charge in [-0.3, -0.25) is 19.7 Å². The van der Waals surface area contributed by atoms with Gasteiger partial charge in [0.1, 0.15) is 5.75 Å². The van der Waals surface area contributed by atoms with Crippen molar-refractivity contribution in [2.45, 2.75) is 6.92 Å². The van der Waals surface area contributed by atoms with Crippen LogP contribution < -0.4 is 25.0 Å². The number of ether oxygens (including phenoxy) is 3. The lowest BCUT2D eigenvalue weighted by Crippen LogP contribution is -2.20. The number of anilines is 1. The second kappa shape index (κ2) is 12.5. The molecule has 3 rings (SSSR count). The smallest absolute Gasteiger partial charge is 0.271 e. The summed E-state index contributed by atoms with van der Waals surface area (Å²) in [4.78, 5) is 34.7. The third kappa shape index (κ3) is 7.29. The lowest BCUT2D eigenvalue weighted by atomic mass is 10.2. The molecule has 0 aliphatic heterocycles. The zero-order valence-electron chi connectivity index (χ0n) is 19.6. The number of hydrogen-bond donors (Lipinski definition) is 2. The molecule has 0 aromatic heterocycles. The molecule has 0 aliphatic rings. The predicted octanol–water partition coefficient (Wildman–Crippen LogP) is 3.78. The van der Waals surface area contributed by atoms with E-state index in [0.29, 0.717) is 35.1 Å². The van der Waals surface area contributed by atoms with Crippen molar-refractivity contribution >= 4 is 29.4 Å². The second-order valence-electron chi connectivity index (χ2n) is 7.21. The molecule has 0 fully saturated rings. The molecule has 2 N–H and O–H groups in total. The van der Waals surface area contributed by atoms with Gasteiger partial charge in [0.2, 0.25) is 0 Å². The van der Waals surface area contributed by atoms with Crippen molar-refractivity contribution in [3.05, 3.63) is 88.0 Å². The molecule has 0 saturated heterocycles. The fourth-order valence-corrected chi connectivity index (χ4v) is 3.00. The molecule has 186 valence electrons. The highest BCUT2D eigenvalue weighted by molar-refractivity contribution is 5.95. The van der Waals surface area contributed by atoms with Crippen LogP contribution in [0.4, 0.5) is 11.4 Å². The number of nitro groups is 1. The van der Waals surface area contributed by atoms with Gasteiger partial charge in [-0.1, -0.05) is 6.07 Å². The van der Waals surface area contributed by atoms with Crippen molar-refractivity contribution < 1.29 is 28.7 Å². The van der Waals surface area contributed by atoms with E-state index in [0.717, 1.165) is 6.07 Å². The predicted molar refractivity (Wildman–Crippen MR) is 133 cm³/mol. The lowest BCUT2D eigenvalue weighted by molar-refractivity contribution is -0.384. The maximum Gasteiger partial charge on any atom is 0.271 e. The maximum atomic E-state index is 12.2. The van der Waals surface area contributed by atoms with Crippen LogP contribution in [-0.2, 0) is 4.79 Å². The van der Waals surface area contributed by atoms with E-state index in [-0.39, 0.29) is 23.8 Å². The Labute approximate surface area is 206 Å². The van der Waals surface area contributed by atoms with Crippen LogP contribution in [0.25, 0.3) is 0 Å². The number of rotatable bonds is 11. The van der Waals surface area contributed by atoms with Crippen LogP contribution in [0, 0.1) is 10.1 Å². The van der Waals surface area contributed by atoms with E-state index < -0.39 is 10.8 Å². The van der Waals surface area contributed by atoms with Gasteiger partial charge in [-0.25, -0.2) is 5.43 Å². The third-order valence-electron chi connectivity index (χ3n) is 4.70. The van der Waals surface area contributed by atoms with Gasteiger partial charge in [0.25, 0.3) is 17.5 Å². The number of hydrazone groups is 1. The normalized spacial score (nSPS) is 10.5. The number of nitro benzene ring substituents is 1. The molecule has 36 heavy (non-hydrogen) atoms. The first-order chi connectivity index (χ1) is 17.4. The minimum Gasteiger partial charge on any atom is -0.497 e. The van der Waals surface area contributed by atoms with Crippen LogP contribution in [0.3, 0.4) is 0 Å². The molecule has 3 aromatic carbocycles. The Hall–Kier alpha value is -4.93. The summed E-state index contributed by atoms with van der Waals surface area (Å²) < 4.78 is 16.3. The minimum absolute atomic E-state index is 0.105.